The number of unbranched alkanes of at least 4 members (excludes halogenated alkanes) is 2. The van der Waals surface area contributed by atoms with Crippen LogP contribution in [0.25, 0.3) is 0 Å². The van der Waals surface area contributed by atoms with E-state index in [1.165, 1.54) is 17.0 Å². The number of hydrogen-bond donors (Lipinski definition) is 1. The largest absolute Gasteiger partial charge is 0.465 e. The molecule has 0 atom stereocenters. The molecule has 0 radical (unpaired) electrons. The minimum atomic E-state index is -3.74. The lowest BCUT2D eigenvalue weighted by atomic mass is 10.2. The van der Waals surface area contributed by atoms with Gasteiger partial charge in [-0.05, 0) is 43.9 Å². The smallest absolute Gasteiger partial charge is 0.407 e. The second kappa shape index (κ2) is 10.1. The van der Waals surface area contributed by atoms with Crippen molar-refractivity contribution in [3.63, 3.8) is 0 Å². The molecule has 0 aliphatic rings. The Labute approximate surface area is 160 Å². The van der Waals surface area contributed by atoms with Gasteiger partial charge in [-0.15, -0.1) is 0 Å². The zero-order valence-electron chi connectivity index (χ0n) is 15.4. The summed E-state index contributed by atoms with van der Waals surface area (Å²) in [6, 6.07) is 15.9. The number of amides is 1. The molecule has 27 heavy (non-hydrogen) atoms. The molecule has 0 fully saturated rings. The maximum Gasteiger partial charge on any atom is 0.407 e. The average Bonchev–Trinajstić information content (AvgIpc) is 2.64. The summed E-state index contributed by atoms with van der Waals surface area (Å²) in [6.45, 7) is 2.71. The molecular weight excluding hydrogens is 366 g/mol. The Kier molecular flexibility index (Phi) is 7.82. The predicted molar refractivity (Wildman–Crippen MR) is 103 cm³/mol. The first-order valence-electron chi connectivity index (χ1n) is 8.86. The van der Waals surface area contributed by atoms with E-state index >= 15 is 0 Å². The number of aryl methyl sites for hydroxylation is 1. The molecule has 7 heteroatoms. The molecule has 0 bridgehead atoms. The van der Waals surface area contributed by atoms with Gasteiger partial charge >= 0.3 is 6.09 Å². The molecule has 0 aliphatic heterocycles. The standard InChI is InChI=1S/C20H25NO5S/c1-17-10-12-19(13-11-17)27(24,25)26-15-7-3-6-14-21(20(22)23)16-18-8-4-2-5-9-18/h2,4-5,8-13H,3,6-7,14-16H2,1H3,(H,22,23). The van der Waals surface area contributed by atoms with E-state index in [4.69, 9.17) is 4.18 Å². The van der Waals surface area contributed by atoms with E-state index < -0.39 is 16.2 Å². The third kappa shape index (κ3) is 7.03. The van der Waals surface area contributed by atoms with Crippen LogP contribution in [0.2, 0.25) is 0 Å². The molecule has 2 aromatic carbocycles. The second-order valence-electron chi connectivity index (χ2n) is 6.34. The van der Waals surface area contributed by atoms with Gasteiger partial charge in [0.25, 0.3) is 10.1 Å². The predicted octanol–water partition coefficient (Wildman–Crippen LogP) is 4.05. The molecule has 0 saturated carbocycles. The fourth-order valence-corrected chi connectivity index (χ4v) is 3.51. The van der Waals surface area contributed by atoms with Crippen molar-refractivity contribution in [1.29, 1.82) is 0 Å². The highest BCUT2D eigenvalue weighted by atomic mass is 32.2. The number of carbonyl (C=O) groups is 1. The third-order valence-electron chi connectivity index (χ3n) is 4.11. The fourth-order valence-electron chi connectivity index (χ4n) is 2.57. The summed E-state index contributed by atoms with van der Waals surface area (Å²) in [4.78, 5) is 12.9. The van der Waals surface area contributed by atoms with Crippen molar-refractivity contribution in [3.8, 4) is 0 Å². The summed E-state index contributed by atoms with van der Waals surface area (Å²) in [5.41, 5.74) is 1.92. The summed E-state index contributed by atoms with van der Waals surface area (Å²) < 4.78 is 29.2. The average molecular weight is 391 g/mol. The summed E-state index contributed by atoms with van der Waals surface area (Å²) in [5.74, 6) is 0. The van der Waals surface area contributed by atoms with Gasteiger partial charge in [-0.3, -0.25) is 4.18 Å². The Balaban J connectivity index is 1.71. The molecule has 1 N–H and O–H groups in total. The molecule has 0 unspecified atom stereocenters. The first-order chi connectivity index (χ1) is 12.9. The molecule has 0 saturated heterocycles. The number of rotatable bonds is 10. The molecular formula is C20H25NO5S. The Morgan fingerprint density at radius 1 is 1.00 bits per heavy atom. The Hall–Kier alpha value is -2.38. The minimum absolute atomic E-state index is 0.0853. The third-order valence-corrected chi connectivity index (χ3v) is 5.43. The molecule has 0 aliphatic carbocycles. The molecule has 1 amide bonds. The van der Waals surface area contributed by atoms with Crippen molar-refractivity contribution in [2.24, 2.45) is 0 Å². The quantitative estimate of drug-likeness (QED) is 0.488. The molecule has 6 nitrogen and oxygen atoms in total. The lowest BCUT2D eigenvalue weighted by molar-refractivity contribution is 0.141. The second-order valence-corrected chi connectivity index (χ2v) is 7.95. The van der Waals surface area contributed by atoms with E-state index in [1.54, 1.807) is 12.1 Å². The normalized spacial score (nSPS) is 11.3. The van der Waals surface area contributed by atoms with Gasteiger partial charge in [0.05, 0.1) is 11.5 Å². The van der Waals surface area contributed by atoms with Crippen LogP contribution in [0.15, 0.2) is 59.5 Å². The molecule has 0 spiro atoms. The first kappa shape index (κ1) is 20.9. The SMILES string of the molecule is Cc1ccc(S(=O)(=O)OCCCCCN(Cc2ccccc2)C(=O)O)cc1. The van der Waals surface area contributed by atoms with Crippen LogP contribution >= 0.6 is 0 Å². The van der Waals surface area contributed by atoms with E-state index in [0.717, 1.165) is 11.1 Å². The lowest BCUT2D eigenvalue weighted by Crippen LogP contribution is -2.29. The zero-order valence-corrected chi connectivity index (χ0v) is 16.2. The monoisotopic (exact) mass is 391 g/mol. The zero-order chi connectivity index (χ0) is 19.7. The van der Waals surface area contributed by atoms with Gasteiger partial charge in [0, 0.05) is 13.1 Å². The topological polar surface area (TPSA) is 83.9 Å². The van der Waals surface area contributed by atoms with Gasteiger partial charge in [0.15, 0.2) is 0 Å². The van der Waals surface area contributed by atoms with Crippen LogP contribution in [0.3, 0.4) is 0 Å². The first-order valence-corrected chi connectivity index (χ1v) is 10.3. The Morgan fingerprint density at radius 3 is 2.30 bits per heavy atom. The number of nitrogens with zero attached hydrogens (tertiary/aromatic N) is 1. The van der Waals surface area contributed by atoms with Crippen molar-refractivity contribution >= 4 is 16.2 Å². The van der Waals surface area contributed by atoms with Gasteiger partial charge in [-0.2, -0.15) is 8.42 Å². The van der Waals surface area contributed by atoms with E-state index in [2.05, 4.69) is 0 Å². The van der Waals surface area contributed by atoms with Crippen LogP contribution in [0.1, 0.15) is 30.4 Å². The molecule has 146 valence electrons. The highest BCUT2D eigenvalue weighted by Crippen LogP contribution is 2.14. The minimum Gasteiger partial charge on any atom is -0.465 e. The van der Waals surface area contributed by atoms with Gasteiger partial charge in [-0.1, -0.05) is 48.0 Å². The maximum atomic E-state index is 12.1. The lowest BCUT2D eigenvalue weighted by Gasteiger charge is -2.19. The van der Waals surface area contributed by atoms with Crippen molar-refractivity contribution in [2.45, 2.75) is 37.6 Å². The van der Waals surface area contributed by atoms with Crippen molar-refractivity contribution in [3.05, 3.63) is 65.7 Å². The van der Waals surface area contributed by atoms with E-state index in [0.29, 0.717) is 32.4 Å². The highest BCUT2D eigenvalue weighted by molar-refractivity contribution is 7.86. The van der Waals surface area contributed by atoms with Crippen LogP contribution in [0.4, 0.5) is 4.79 Å². The number of carboxylic acid groups (broad SMARTS) is 1. The summed E-state index contributed by atoms with van der Waals surface area (Å²) in [5, 5.41) is 9.31. The summed E-state index contributed by atoms with van der Waals surface area (Å²) in [7, 11) is -3.74. The molecule has 2 aromatic rings. The van der Waals surface area contributed by atoms with Gasteiger partial charge < -0.3 is 10.0 Å². The molecule has 2 rings (SSSR count). The van der Waals surface area contributed by atoms with Crippen molar-refractivity contribution < 1.29 is 22.5 Å². The van der Waals surface area contributed by atoms with Crippen LogP contribution in [-0.2, 0) is 20.8 Å². The van der Waals surface area contributed by atoms with Crippen LogP contribution in [-0.4, -0.2) is 37.7 Å². The summed E-state index contributed by atoms with van der Waals surface area (Å²) in [6.07, 6.45) is 0.913. The molecule has 0 aromatic heterocycles. The maximum absolute atomic E-state index is 12.1. The molecule has 0 heterocycles. The fraction of sp³-hybridized carbons (Fsp3) is 0.350. The highest BCUT2D eigenvalue weighted by Gasteiger charge is 2.15. The number of benzene rings is 2. The Bertz CT molecular complexity index is 819. The van der Waals surface area contributed by atoms with Gasteiger partial charge in [0.2, 0.25) is 0 Å². The van der Waals surface area contributed by atoms with Crippen molar-refractivity contribution in [2.75, 3.05) is 13.2 Å². The van der Waals surface area contributed by atoms with Gasteiger partial charge in [-0.25, -0.2) is 4.79 Å². The van der Waals surface area contributed by atoms with Crippen LogP contribution in [0, 0.1) is 6.92 Å². The van der Waals surface area contributed by atoms with E-state index in [9.17, 15) is 18.3 Å². The Morgan fingerprint density at radius 2 is 1.67 bits per heavy atom. The van der Waals surface area contributed by atoms with Crippen LogP contribution < -0.4 is 0 Å². The van der Waals surface area contributed by atoms with Gasteiger partial charge in [0.1, 0.15) is 0 Å². The number of hydrogen-bond acceptors (Lipinski definition) is 4. The summed E-state index contributed by atoms with van der Waals surface area (Å²) >= 11 is 0. The van der Waals surface area contributed by atoms with E-state index in [1.807, 2.05) is 37.3 Å². The van der Waals surface area contributed by atoms with Crippen molar-refractivity contribution in [1.82, 2.24) is 4.90 Å². The van der Waals surface area contributed by atoms with Crippen LogP contribution in [0.5, 0.6) is 0 Å². The van der Waals surface area contributed by atoms with E-state index in [-0.39, 0.29) is 11.5 Å².